The van der Waals surface area contributed by atoms with Crippen molar-refractivity contribution in [3.63, 3.8) is 0 Å². The van der Waals surface area contributed by atoms with Crippen molar-refractivity contribution in [1.82, 2.24) is 5.32 Å². The highest BCUT2D eigenvalue weighted by Gasteiger charge is 2.20. The lowest BCUT2D eigenvalue weighted by Crippen LogP contribution is -2.44. The first-order chi connectivity index (χ1) is 8.93. The van der Waals surface area contributed by atoms with Crippen molar-refractivity contribution in [2.45, 2.75) is 26.0 Å². The van der Waals surface area contributed by atoms with Gasteiger partial charge in [-0.1, -0.05) is 0 Å². The van der Waals surface area contributed by atoms with Crippen LogP contribution in [0.5, 0.6) is 11.5 Å². The molecule has 6 nitrogen and oxygen atoms in total. The summed E-state index contributed by atoms with van der Waals surface area (Å²) in [7, 11) is 1.55. The summed E-state index contributed by atoms with van der Waals surface area (Å²) < 4.78 is 10.4. The molecule has 19 heavy (non-hydrogen) atoms. The van der Waals surface area contributed by atoms with Gasteiger partial charge in [-0.3, -0.25) is 9.59 Å². The van der Waals surface area contributed by atoms with Crippen molar-refractivity contribution in [2.24, 2.45) is 0 Å². The van der Waals surface area contributed by atoms with Crippen LogP contribution in [0.1, 0.15) is 13.8 Å². The molecular formula is C13H17NO5. The first-order valence-corrected chi connectivity index (χ1v) is 5.78. The molecule has 1 aromatic carbocycles. The number of methoxy groups -OCH3 is 1. The summed E-state index contributed by atoms with van der Waals surface area (Å²) in [5.41, 5.74) is 0. The van der Waals surface area contributed by atoms with E-state index in [1.165, 1.54) is 6.92 Å². The summed E-state index contributed by atoms with van der Waals surface area (Å²) in [6.07, 6.45) is -0.782. The predicted molar refractivity (Wildman–Crippen MR) is 68.3 cm³/mol. The van der Waals surface area contributed by atoms with Gasteiger partial charge in [0.1, 0.15) is 17.5 Å². The summed E-state index contributed by atoms with van der Waals surface area (Å²) in [5.74, 6) is -0.383. The minimum atomic E-state index is -1.09. The average Bonchev–Trinajstić information content (AvgIpc) is 2.39. The number of rotatable bonds is 6. The number of carboxylic acid groups (broad SMARTS) is 1. The smallest absolute Gasteiger partial charge is 0.325 e. The second-order valence-electron chi connectivity index (χ2n) is 4.00. The molecule has 1 amide bonds. The minimum absolute atomic E-state index is 0.481. The Morgan fingerprint density at radius 1 is 1.16 bits per heavy atom. The molecule has 0 bridgehead atoms. The van der Waals surface area contributed by atoms with Crippen LogP contribution >= 0.6 is 0 Å². The van der Waals surface area contributed by atoms with E-state index in [1.807, 2.05) is 0 Å². The molecule has 0 aliphatic heterocycles. The second kappa shape index (κ2) is 6.63. The Labute approximate surface area is 111 Å². The van der Waals surface area contributed by atoms with E-state index in [0.717, 1.165) is 0 Å². The van der Waals surface area contributed by atoms with Crippen molar-refractivity contribution in [1.29, 1.82) is 0 Å². The Kier molecular flexibility index (Phi) is 5.17. The van der Waals surface area contributed by atoms with Crippen molar-refractivity contribution < 1.29 is 24.2 Å². The number of hydrogen-bond acceptors (Lipinski definition) is 4. The number of carbonyl (C=O) groups is 2. The number of benzene rings is 1. The zero-order chi connectivity index (χ0) is 14.4. The van der Waals surface area contributed by atoms with Crippen LogP contribution in [0.2, 0.25) is 0 Å². The van der Waals surface area contributed by atoms with Gasteiger partial charge in [0.2, 0.25) is 0 Å². The van der Waals surface area contributed by atoms with Gasteiger partial charge in [-0.15, -0.1) is 0 Å². The molecule has 0 radical (unpaired) electrons. The maximum absolute atomic E-state index is 11.7. The number of carboxylic acids is 1. The molecule has 6 heteroatoms. The molecule has 1 rings (SSSR count). The van der Waals surface area contributed by atoms with Gasteiger partial charge in [-0.2, -0.15) is 0 Å². The van der Waals surface area contributed by atoms with Gasteiger partial charge < -0.3 is 19.9 Å². The fraction of sp³-hybridized carbons (Fsp3) is 0.385. The fourth-order valence-corrected chi connectivity index (χ4v) is 1.30. The van der Waals surface area contributed by atoms with Crippen LogP contribution in [0.25, 0.3) is 0 Å². The Balaban J connectivity index is 2.55. The SMILES string of the molecule is COc1ccc(OC(C)C(=O)N[C@@H](C)C(=O)O)cc1. The Bertz CT molecular complexity index is 443. The standard InChI is InChI=1S/C13H17NO5/c1-8(13(16)17)14-12(15)9(2)19-11-6-4-10(18-3)5-7-11/h4-9H,1-3H3,(H,14,15)(H,16,17)/t8-,9?/m0/s1. The molecule has 0 fully saturated rings. The van der Waals surface area contributed by atoms with Crippen molar-refractivity contribution in [2.75, 3.05) is 7.11 Å². The molecule has 0 saturated carbocycles. The molecule has 0 saturated heterocycles. The van der Waals surface area contributed by atoms with Crippen LogP contribution in [0, 0.1) is 0 Å². The largest absolute Gasteiger partial charge is 0.497 e. The number of ether oxygens (including phenoxy) is 2. The zero-order valence-electron chi connectivity index (χ0n) is 11.0. The first kappa shape index (κ1) is 14.8. The van der Waals surface area contributed by atoms with Crippen LogP contribution in [-0.2, 0) is 9.59 Å². The third kappa shape index (κ3) is 4.50. The molecule has 0 aliphatic rings. The van der Waals surface area contributed by atoms with Crippen LogP contribution < -0.4 is 14.8 Å². The van der Waals surface area contributed by atoms with Gasteiger partial charge >= 0.3 is 5.97 Å². The fourth-order valence-electron chi connectivity index (χ4n) is 1.30. The van der Waals surface area contributed by atoms with E-state index in [9.17, 15) is 9.59 Å². The van der Waals surface area contributed by atoms with Crippen molar-refractivity contribution >= 4 is 11.9 Å². The summed E-state index contributed by atoms with van der Waals surface area (Å²) >= 11 is 0. The normalized spacial score (nSPS) is 13.2. The molecule has 2 atom stereocenters. The van der Waals surface area contributed by atoms with Gasteiger partial charge in [0, 0.05) is 0 Å². The number of hydrogen-bond donors (Lipinski definition) is 2. The van der Waals surface area contributed by atoms with E-state index in [0.29, 0.717) is 11.5 Å². The van der Waals surface area contributed by atoms with Crippen LogP contribution in [-0.4, -0.2) is 36.2 Å². The van der Waals surface area contributed by atoms with E-state index < -0.39 is 24.0 Å². The molecule has 1 unspecified atom stereocenters. The second-order valence-corrected chi connectivity index (χ2v) is 4.00. The molecule has 1 aromatic rings. The molecule has 0 heterocycles. The van der Waals surface area contributed by atoms with Crippen molar-refractivity contribution in [3.05, 3.63) is 24.3 Å². The molecule has 2 N–H and O–H groups in total. The summed E-state index contributed by atoms with van der Waals surface area (Å²) in [5, 5.41) is 11.0. The quantitative estimate of drug-likeness (QED) is 0.804. The van der Waals surface area contributed by atoms with Gasteiger partial charge in [0.05, 0.1) is 7.11 Å². The van der Waals surface area contributed by atoms with Crippen LogP contribution in [0.3, 0.4) is 0 Å². The Morgan fingerprint density at radius 3 is 2.16 bits per heavy atom. The number of nitrogens with one attached hydrogen (secondary N) is 1. The third-order valence-electron chi connectivity index (χ3n) is 2.47. The molecule has 0 aromatic heterocycles. The number of amides is 1. The molecule has 0 spiro atoms. The van der Waals surface area contributed by atoms with Gasteiger partial charge in [-0.25, -0.2) is 0 Å². The third-order valence-corrected chi connectivity index (χ3v) is 2.47. The monoisotopic (exact) mass is 267 g/mol. The van der Waals surface area contributed by atoms with Gasteiger partial charge in [-0.05, 0) is 38.1 Å². The van der Waals surface area contributed by atoms with E-state index >= 15 is 0 Å². The number of carbonyl (C=O) groups excluding carboxylic acids is 1. The maximum atomic E-state index is 11.7. The Hall–Kier alpha value is -2.24. The highest BCUT2D eigenvalue weighted by atomic mass is 16.5. The topological polar surface area (TPSA) is 84.9 Å². The summed E-state index contributed by atoms with van der Waals surface area (Å²) in [6.45, 7) is 2.94. The highest BCUT2D eigenvalue weighted by Crippen LogP contribution is 2.18. The zero-order valence-corrected chi connectivity index (χ0v) is 11.0. The lowest BCUT2D eigenvalue weighted by molar-refractivity contribution is -0.142. The average molecular weight is 267 g/mol. The number of aliphatic carboxylic acids is 1. The predicted octanol–water partition coefficient (Wildman–Crippen LogP) is 1.05. The molecular weight excluding hydrogens is 250 g/mol. The van der Waals surface area contributed by atoms with Crippen LogP contribution in [0.15, 0.2) is 24.3 Å². The Morgan fingerprint density at radius 2 is 1.68 bits per heavy atom. The first-order valence-electron chi connectivity index (χ1n) is 5.78. The molecule has 104 valence electrons. The van der Waals surface area contributed by atoms with Crippen molar-refractivity contribution in [3.8, 4) is 11.5 Å². The van der Waals surface area contributed by atoms with E-state index in [4.69, 9.17) is 14.6 Å². The summed E-state index contributed by atoms with van der Waals surface area (Å²) in [4.78, 5) is 22.3. The van der Waals surface area contributed by atoms with Crippen LogP contribution in [0.4, 0.5) is 0 Å². The molecule has 0 aliphatic carbocycles. The lowest BCUT2D eigenvalue weighted by Gasteiger charge is -2.16. The summed E-state index contributed by atoms with van der Waals surface area (Å²) in [6, 6.07) is 5.81. The minimum Gasteiger partial charge on any atom is -0.497 e. The van der Waals surface area contributed by atoms with Gasteiger partial charge in [0.15, 0.2) is 6.10 Å². The van der Waals surface area contributed by atoms with E-state index in [1.54, 1.807) is 38.3 Å². The lowest BCUT2D eigenvalue weighted by atomic mass is 10.3. The van der Waals surface area contributed by atoms with Gasteiger partial charge in [0.25, 0.3) is 5.91 Å². The highest BCUT2D eigenvalue weighted by molar-refractivity contribution is 5.86. The maximum Gasteiger partial charge on any atom is 0.325 e. The van der Waals surface area contributed by atoms with E-state index in [-0.39, 0.29) is 0 Å². The van der Waals surface area contributed by atoms with E-state index in [2.05, 4.69) is 5.32 Å².